The largest absolute Gasteiger partial charge is 0.496 e. The van der Waals surface area contributed by atoms with Gasteiger partial charge in [0, 0.05) is 24.6 Å². The van der Waals surface area contributed by atoms with Gasteiger partial charge in [-0.2, -0.15) is 0 Å². The quantitative estimate of drug-likeness (QED) is 0.873. The summed E-state index contributed by atoms with van der Waals surface area (Å²) < 4.78 is 11.5. The summed E-state index contributed by atoms with van der Waals surface area (Å²) in [6, 6.07) is 7.22. The van der Waals surface area contributed by atoms with Crippen molar-refractivity contribution < 1.29 is 9.47 Å². The summed E-state index contributed by atoms with van der Waals surface area (Å²) in [5, 5.41) is 3.72. The number of aryl methyl sites for hydroxylation is 1. The third-order valence-electron chi connectivity index (χ3n) is 5.13. The molecule has 2 unspecified atom stereocenters. The molecule has 116 valence electrons. The summed E-state index contributed by atoms with van der Waals surface area (Å²) in [6.07, 6.45) is 5.12. The number of methoxy groups -OCH3 is 1. The van der Waals surface area contributed by atoms with E-state index in [1.165, 1.54) is 24.0 Å². The summed E-state index contributed by atoms with van der Waals surface area (Å²) in [4.78, 5) is 0. The number of benzene rings is 1. The minimum absolute atomic E-state index is 0.198. The maximum atomic E-state index is 5.92. The van der Waals surface area contributed by atoms with Crippen LogP contribution < -0.4 is 10.1 Å². The zero-order valence-corrected chi connectivity index (χ0v) is 13.4. The van der Waals surface area contributed by atoms with Crippen molar-refractivity contribution in [2.24, 2.45) is 5.41 Å². The standard InChI is InChI=1S/C18H27NO2/c1-13-4-7-17(20-3)15(10-13)11-18(8-9-21-14(18)2)12-19-16-5-6-16/h4,7,10,14,16,19H,5-6,8-9,11-12H2,1-3H3. The number of nitrogens with one attached hydrogen (secondary N) is 1. The SMILES string of the molecule is COc1ccc(C)cc1CC1(CNC2CC2)CCOC1C. The highest BCUT2D eigenvalue weighted by Gasteiger charge is 2.42. The molecule has 1 aliphatic heterocycles. The molecule has 3 heteroatoms. The van der Waals surface area contributed by atoms with Gasteiger partial charge in [-0.25, -0.2) is 0 Å². The van der Waals surface area contributed by atoms with Crippen LogP contribution in [0.5, 0.6) is 5.75 Å². The van der Waals surface area contributed by atoms with Crippen molar-refractivity contribution >= 4 is 0 Å². The highest BCUT2D eigenvalue weighted by atomic mass is 16.5. The monoisotopic (exact) mass is 289 g/mol. The first-order valence-electron chi connectivity index (χ1n) is 8.11. The molecule has 1 saturated carbocycles. The average Bonchev–Trinajstić information content (AvgIpc) is 3.23. The van der Waals surface area contributed by atoms with Crippen molar-refractivity contribution in [3.63, 3.8) is 0 Å². The van der Waals surface area contributed by atoms with Crippen LogP contribution in [0.15, 0.2) is 18.2 Å². The normalized spacial score (nSPS) is 28.8. The highest BCUT2D eigenvalue weighted by Crippen LogP contribution is 2.40. The van der Waals surface area contributed by atoms with Gasteiger partial charge in [0.05, 0.1) is 13.2 Å². The summed E-state index contributed by atoms with van der Waals surface area (Å²) in [5.74, 6) is 1.01. The molecule has 21 heavy (non-hydrogen) atoms. The molecule has 1 saturated heterocycles. The Balaban J connectivity index is 1.81. The molecule has 0 radical (unpaired) electrons. The van der Waals surface area contributed by atoms with Crippen LogP contribution >= 0.6 is 0 Å². The molecule has 1 aromatic rings. The van der Waals surface area contributed by atoms with E-state index in [0.717, 1.165) is 37.8 Å². The van der Waals surface area contributed by atoms with E-state index in [-0.39, 0.29) is 5.41 Å². The lowest BCUT2D eigenvalue weighted by atomic mass is 9.75. The van der Waals surface area contributed by atoms with Crippen molar-refractivity contribution in [3.05, 3.63) is 29.3 Å². The van der Waals surface area contributed by atoms with E-state index in [2.05, 4.69) is 37.4 Å². The average molecular weight is 289 g/mol. The predicted molar refractivity (Wildman–Crippen MR) is 84.9 cm³/mol. The highest BCUT2D eigenvalue weighted by molar-refractivity contribution is 5.38. The van der Waals surface area contributed by atoms with Gasteiger partial charge in [0.1, 0.15) is 5.75 Å². The van der Waals surface area contributed by atoms with Crippen molar-refractivity contribution in [1.82, 2.24) is 5.32 Å². The van der Waals surface area contributed by atoms with Gasteiger partial charge in [-0.3, -0.25) is 0 Å². The molecule has 0 spiro atoms. The Morgan fingerprint density at radius 2 is 2.19 bits per heavy atom. The van der Waals surface area contributed by atoms with E-state index in [4.69, 9.17) is 9.47 Å². The zero-order valence-electron chi connectivity index (χ0n) is 13.4. The van der Waals surface area contributed by atoms with Crippen LogP contribution in [-0.4, -0.2) is 32.4 Å². The third kappa shape index (κ3) is 3.24. The molecule has 2 fully saturated rings. The molecule has 1 aliphatic carbocycles. The Kier molecular flexibility index (Phi) is 4.23. The van der Waals surface area contributed by atoms with Gasteiger partial charge >= 0.3 is 0 Å². The van der Waals surface area contributed by atoms with Gasteiger partial charge in [-0.15, -0.1) is 0 Å². The summed E-state index contributed by atoms with van der Waals surface area (Å²) >= 11 is 0. The van der Waals surface area contributed by atoms with Crippen LogP contribution in [-0.2, 0) is 11.2 Å². The Morgan fingerprint density at radius 3 is 2.81 bits per heavy atom. The first-order chi connectivity index (χ1) is 10.1. The van der Waals surface area contributed by atoms with Gasteiger partial charge in [0.15, 0.2) is 0 Å². The molecule has 2 atom stereocenters. The van der Waals surface area contributed by atoms with E-state index in [1.54, 1.807) is 7.11 Å². The van der Waals surface area contributed by atoms with Gasteiger partial charge in [0.25, 0.3) is 0 Å². The Hall–Kier alpha value is -1.06. The van der Waals surface area contributed by atoms with Crippen molar-refractivity contribution in [2.75, 3.05) is 20.3 Å². The summed E-state index contributed by atoms with van der Waals surface area (Å²) in [5.41, 5.74) is 2.80. The molecule has 0 amide bonds. The lowest BCUT2D eigenvalue weighted by Gasteiger charge is -2.33. The molecule has 2 aliphatic rings. The molecule has 0 aromatic heterocycles. The third-order valence-corrected chi connectivity index (χ3v) is 5.13. The molecule has 0 bridgehead atoms. The van der Waals surface area contributed by atoms with Crippen LogP contribution in [0.1, 0.15) is 37.3 Å². The van der Waals surface area contributed by atoms with Crippen LogP contribution in [0.4, 0.5) is 0 Å². The van der Waals surface area contributed by atoms with Crippen molar-refractivity contribution in [3.8, 4) is 5.75 Å². The molecule has 1 heterocycles. The molecular weight excluding hydrogens is 262 g/mol. The first kappa shape index (κ1) is 14.9. The van der Waals surface area contributed by atoms with E-state index in [1.807, 2.05) is 0 Å². The lowest BCUT2D eigenvalue weighted by Crippen LogP contribution is -2.42. The maximum Gasteiger partial charge on any atom is 0.122 e. The van der Waals surface area contributed by atoms with Crippen molar-refractivity contribution in [2.45, 2.75) is 51.7 Å². The fourth-order valence-corrected chi connectivity index (χ4v) is 3.41. The van der Waals surface area contributed by atoms with Crippen LogP contribution in [0.25, 0.3) is 0 Å². The van der Waals surface area contributed by atoms with E-state index < -0.39 is 0 Å². The molecule has 3 nitrogen and oxygen atoms in total. The fraction of sp³-hybridized carbons (Fsp3) is 0.667. The topological polar surface area (TPSA) is 30.5 Å². The van der Waals surface area contributed by atoms with Crippen LogP contribution in [0, 0.1) is 12.3 Å². The molecule has 3 rings (SSSR count). The van der Waals surface area contributed by atoms with Crippen molar-refractivity contribution in [1.29, 1.82) is 0 Å². The summed E-state index contributed by atoms with van der Waals surface area (Å²) in [7, 11) is 1.76. The number of rotatable bonds is 6. The summed E-state index contributed by atoms with van der Waals surface area (Å²) in [6.45, 7) is 6.30. The van der Waals surface area contributed by atoms with Gasteiger partial charge in [-0.05, 0) is 51.2 Å². The number of hydrogen-bond acceptors (Lipinski definition) is 3. The van der Waals surface area contributed by atoms with Gasteiger partial charge in [0.2, 0.25) is 0 Å². The van der Waals surface area contributed by atoms with Gasteiger partial charge < -0.3 is 14.8 Å². The fourth-order valence-electron chi connectivity index (χ4n) is 3.41. The number of ether oxygens (including phenoxy) is 2. The Bertz CT molecular complexity index is 498. The lowest BCUT2D eigenvalue weighted by molar-refractivity contribution is 0.0625. The van der Waals surface area contributed by atoms with Gasteiger partial charge in [-0.1, -0.05) is 17.7 Å². The number of hydrogen-bond donors (Lipinski definition) is 1. The second-order valence-corrected chi connectivity index (χ2v) is 6.77. The zero-order chi connectivity index (χ0) is 14.9. The minimum atomic E-state index is 0.198. The van der Waals surface area contributed by atoms with E-state index >= 15 is 0 Å². The maximum absolute atomic E-state index is 5.92. The second kappa shape index (κ2) is 5.98. The van der Waals surface area contributed by atoms with E-state index in [9.17, 15) is 0 Å². The predicted octanol–water partition coefficient (Wildman–Crippen LogP) is 3.09. The molecule has 1 N–H and O–H groups in total. The Labute approximate surface area is 128 Å². The molecule has 1 aromatic carbocycles. The molecular formula is C18H27NO2. The smallest absolute Gasteiger partial charge is 0.122 e. The second-order valence-electron chi connectivity index (χ2n) is 6.77. The Morgan fingerprint density at radius 1 is 1.38 bits per heavy atom. The minimum Gasteiger partial charge on any atom is -0.496 e. The van der Waals surface area contributed by atoms with Crippen LogP contribution in [0.3, 0.4) is 0 Å². The van der Waals surface area contributed by atoms with Crippen LogP contribution in [0.2, 0.25) is 0 Å². The first-order valence-corrected chi connectivity index (χ1v) is 8.11. The van der Waals surface area contributed by atoms with E-state index in [0.29, 0.717) is 6.10 Å².